The molecule has 0 aliphatic carbocycles. The molecule has 2 aliphatic heterocycles. The van der Waals surface area contributed by atoms with Crippen LogP contribution in [0.4, 0.5) is 5.69 Å². The van der Waals surface area contributed by atoms with Crippen molar-refractivity contribution in [2.24, 2.45) is 0 Å². The first-order chi connectivity index (χ1) is 16.9. The molecule has 0 spiro atoms. The van der Waals surface area contributed by atoms with Crippen molar-refractivity contribution in [2.45, 2.75) is 30.7 Å². The van der Waals surface area contributed by atoms with Gasteiger partial charge in [0.1, 0.15) is 25.5 Å². The quantitative estimate of drug-likeness (QED) is 0.561. The minimum atomic E-state index is -3.98. The van der Waals surface area contributed by atoms with Crippen molar-refractivity contribution in [1.29, 1.82) is 0 Å². The van der Waals surface area contributed by atoms with E-state index in [2.05, 4.69) is 5.32 Å². The van der Waals surface area contributed by atoms with E-state index in [9.17, 15) is 18.0 Å². The maximum absolute atomic E-state index is 13.3. The monoisotopic (exact) mass is 497 g/mol. The number of benzene rings is 2. The van der Waals surface area contributed by atoms with Crippen molar-refractivity contribution in [1.82, 2.24) is 9.47 Å². The molecular formula is C25H27N3O6S. The van der Waals surface area contributed by atoms with Gasteiger partial charge in [-0.25, -0.2) is 8.42 Å². The minimum absolute atomic E-state index is 0.0363. The number of piperidine rings is 1. The van der Waals surface area contributed by atoms with Gasteiger partial charge < -0.3 is 24.3 Å². The standard InChI is InChI=1S/C25H27N3O6S/c29-24(26-18-8-9-21-22(14-18)34-13-12-33-21)17-35(31,32)23-15-28(20-7-3-2-6-19(20)23)16-25(30)27-10-4-1-5-11-27/h2-3,6-9,14-15H,1,4-5,10-13,16-17H2,(H,26,29). The van der Waals surface area contributed by atoms with Crippen LogP contribution in [0.25, 0.3) is 10.9 Å². The van der Waals surface area contributed by atoms with Crippen LogP contribution in [-0.2, 0) is 26.0 Å². The number of amides is 2. The second-order valence-electron chi connectivity index (χ2n) is 8.75. The maximum atomic E-state index is 13.3. The van der Waals surface area contributed by atoms with Gasteiger partial charge in [-0.3, -0.25) is 9.59 Å². The molecule has 2 amide bonds. The molecule has 3 aromatic rings. The van der Waals surface area contributed by atoms with Crippen LogP contribution in [0.2, 0.25) is 0 Å². The van der Waals surface area contributed by atoms with E-state index in [0.29, 0.717) is 41.3 Å². The number of rotatable bonds is 6. The topological polar surface area (TPSA) is 107 Å². The fourth-order valence-corrected chi connectivity index (χ4v) is 5.92. The Balaban J connectivity index is 1.35. The molecule has 1 N–H and O–H groups in total. The Labute approximate surface area is 203 Å². The number of nitrogens with one attached hydrogen (secondary N) is 1. The highest BCUT2D eigenvalue weighted by molar-refractivity contribution is 7.92. The predicted octanol–water partition coefficient (Wildman–Crippen LogP) is 2.84. The number of nitrogens with zero attached hydrogens (tertiary/aromatic N) is 2. The number of sulfone groups is 1. The molecule has 0 radical (unpaired) electrons. The van der Waals surface area contributed by atoms with Crippen molar-refractivity contribution >= 4 is 38.2 Å². The molecule has 1 saturated heterocycles. The largest absolute Gasteiger partial charge is 0.486 e. The lowest BCUT2D eigenvalue weighted by Gasteiger charge is -2.27. The lowest BCUT2D eigenvalue weighted by atomic mass is 10.1. The zero-order chi connectivity index (χ0) is 24.4. The van der Waals surface area contributed by atoms with Gasteiger partial charge in [0.15, 0.2) is 21.3 Å². The van der Waals surface area contributed by atoms with E-state index < -0.39 is 21.5 Å². The summed E-state index contributed by atoms with van der Waals surface area (Å²) in [6, 6.07) is 11.9. The number of hydrogen-bond acceptors (Lipinski definition) is 6. The second kappa shape index (κ2) is 9.61. The van der Waals surface area contributed by atoms with E-state index in [4.69, 9.17) is 9.47 Å². The first-order valence-electron chi connectivity index (χ1n) is 11.7. The number of carbonyl (C=O) groups excluding carboxylic acids is 2. The first kappa shape index (κ1) is 23.2. The zero-order valence-electron chi connectivity index (χ0n) is 19.2. The Morgan fingerprint density at radius 1 is 0.943 bits per heavy atom. The molecular weight excluding hydrogens is 470 g/mol. The van der Waals surface area contributed by atoms with Gasteiger partial charge in [-0.05, 0) is 37.5 Å². The summed E-state index contributed by atoms with van der Waals surface area (Å²) in [6.07, 6.45) is 4.55. The van der Waals surface area contributed by atoms with Gasteiger partial charge in [-0.1, -0.05) is 18.2 Å². The minimum Gasteiger partial charge on any atom is -0.486 e. The molecule has 2 aliphatic rings. The van der Waals surface area contributed by atoms with Gasteiger partial charge in [-0.15, -0.1) is 0 Å². The third-order valence-corrected chi connectivity index (χ3v) is 7.89. The molecule has 184 valence electrons. The number of ether oxygens (including phenoxy) is 2. The Morgan fingerprint density at radius 2 is 1.69 bits per heavy atom. The van der Waals surface area contributed by atoms with Crippen molar-refractivity contribution in [3.05, 3.63) is 48.7 Å². The summed E-state index contributed by atoms with van der Waals surface area (Å²) in [5, 5.41) is 3.12. The number of likely N-dealkylation sites (tertiary alicyclic amines) is 1. The summed E-state index contributed by atoms with van der Waals surface area (Å²) in [7, 11) is -3.98. The fraction of sp³-hybridized carbons (Fsp3) is 0.360. The molecule has 2 aromatic carbocycles. The predicted molar refractivity (Wildman–Crippen MR) is 130 cm³/mol. The van der Waals surface area contributed by atoms with Crippen LogP contribution < -0.4 is 14.8 Å². The van der Waals surface area contributed by atoms with Gasteiger partial charge in [0.05, 0.1) is 4.90 Å². The van der Waals surface area contributed by atoms with Gasteiger partial charge >= 0.3 is 0 Å². The van der Waals surface area contributed by atoms with E-state index in [-0.39, 0.29) is 17.3 Å². The molecule has 5 rings (SSSR count). The summed E-state index contributed by atoms with van der Waals surface area (Å²) < 4.78 is 39.2. The normalized spacial score (nSPS) is 15.7. The van der Waals surface area contributed by atoms with Crippen LogP contribution in [0.5, 0.6) is 11.5 Å². The van der Waals surface area contributed by atoms with Crippen LogP contribution in [0.15, 0.2) is 53.6 Å². The third-order valence-electron chi connectivity index (χ3n) is 6.25. The van der Waals surface area contributed by atoms with Crippen molar-refractivity contribution in [2.75, 3.05) is 37.4 Å². The number of anilines is 1. The summed E-state index contributed by atoms with van der Waals surface area (Å²) in [5.41, 5.74) is 1.06. The lowest BCUT2D eigenvalue weighted by molar-refractivity contribution is -0.132. The Morgan fingerprint density at radius 3 is 2.49 bits per heavy atom. The van der Waals surface area contributed by atoms with Crippen LogP contribution in [0.3, 0.4) is 0 Å². The molecule has 10 heteroatoms. The molecule has 3 heterocycles. The van der Waals surface area contributed by atoms with E-state index in [0.717, 1.165) is 32.4 Å². The van der Waals surface area contributed by atoms with Gasteiger partial charge in [-0.2, -0.15) is 0 Å². The van der Waals surface area contributed by atoms with E-state index in [1.165, 1.54) is 6.20 Å². The Hall–Kier alpha value is -3.53. The highest BCUT2D eigenvalue weighted by Gasteiger charge is 2.26. The molecule has 1 aromatic heterocycles. The summed E-state index contributed by atoms with van der Waals surface area (Å²) in [6.45, 7) is 2.36. The maximum Gasteiger partial charge on any atom is 0.242 e. The van der Waals surface area contributed by atoms with E-state index >= 15 is 0 Å². The number of aromatic nitrogens is 1. The van der Waals surface area contributed by atoms with E-state index in [1.807, 2.05) is 4.90 Å². The smallest absolute Gasteiger partial charge is 0.242 e. The summed E-state index contributed by atoms with van der Waals surface area (Å²) in [5.74, 6) is -0.351. The number of hydrogen-bond donors (Lipinski definition) is 1. The van der Waals surface area contributed by atoms with Gasteiger partial charge in [0.2, 0.25) is 11.8 Å². The molecule has 1 fully saturated rings. The third kappa shape index (κ3) is 4.97. The van der Waals surface area contributed by atoms with E-state index in [1.54, 1.807) is 47.0 Å². The summed E-state index contributed by atoms with van der Waals surface area (Å²) >= 11 is 0. The summed E-state index contributed by atoms with van der Waals surface area (Å²) in [4.78, 5) is 27.4. The van der Waals surface area contributed by atoms with Gasteiger partial charge in [0.25, 0.3) is 0 Å². The SMILES string of the molecule is O=C(CS(=O)(=O)c1cn(CC(=O)N2CCCCC2)c2ccccc12)Nc1ccc2c(c1)OCCO2. The van der Waals surface area contributed by atoms with Gasteiger partial charge in [0, 0.05) is 41.9 Å². The highest BCUT2D eigenvalue weighted by atomic mass is 32.2. The van der Waals surface area contributed by atoms with Crippen LogP contribution in [0, 0.1) is 0 Å². The average molecular weight is 498 g/mol. The fourth-order valence-electron chi connectivity index (χ4n) is 4.55. The van der Waals surface area contributed by atoms with Crippen LogP contribution >= 0.6 is 0 Å². The lowest BCUT2D eigenvalue weighted by Crippen LogP contribution is -2.37. The number of fused-ring (bicyclic) bond motifs is 2. The first-order valence-corrected chi connectivity index (χ1v) is 13.3. The second-order valence-corrected chi connectivity index (χ2v) is 10.7. The molecule has 9 nitrogen and oxygen atoms in total. The number of para-hydroxylation sites is 1. The average Bonchev–Trinajstić information content (AvgIpc) is 3.23. The van der Waals surface area contributed by atoms with Crippen LogP contribution in [-0.4, -0.2) is 61.8 Å². The van der Waals surface area contributed by atoms with Crippen molar-refractivity contribution < 1.29 is 27.5 Å². The zero-order valence-corrected chi connectivity index (χ0v) is 20.1. The molecule has 0 bridgehead atoms. The van der Waals surface area contributed by atoms with Crippen molar-refractivity contribution in [3.63, 3.8) is 0 Å². The number of carbonyl (C=O) groups is 2. The highest BCUT2D eigenvalue weighted by Crippen LogP contribution is 2.33. The molecule has 0 atom stereocenters. The molecule has 0 unspecified atom stereocenters. The molecule has 0 saturated carbocycles. The Kier molecular flexibility index (Phi) is 6.38. The van der Waals surface area contributed by atoms with Crippen LogP contribution in [0.1, 0.15) is 19.3 Å². The molecule has 35 heavy (non-hydrogen) atoms. The van der Waals surface area contributed by atoms with Crippen molar-refractivity contribution in [3.8, 4) is 11.5 Å². The Bertz CT molecular complexity index is 1380.